The predicted molar refractivity (Wildman–Crippen MR) is 65.2 cm³/mol. The number of ether oxygens (including phenoxy) is 1. The Hall–Kier alpha value is -0.0800. The predicted octanol–water partition coefficient (Wildman–Crippen LogP) is 3.06. The van der Waals surface area contributed by atoms with E-state index in [-0.39, 0.29) is 0 Å². The Kier molecular flexibility index (Phi) is 5.62. The SMILES string of the molecule is CCCC(C)N1C(C)COCC1CCC. The van der Waals surface area contributed by atoms with Gasteiger partial charge in [0.1, 0.15) is 0 Å². The zero-order chi connectivity index (χ0) is 11.3. The minimum atomic E-state index is 0.594. The summed E-state index contributed by atoms with van der Waals surface area (Å²) in [6.07, 6.45) is 5.13. The molecule has 0 amide bonds. The van der Waals surface area contributed by atoms with Crippen LogP contribution in [0.15, 0.2) is 0 Å². The van der Waals surface area contributed by atoms with Gasteiger partial charge in [0.25, 0.3) is 0 Å². The highest BCUT2D eigenvalue weighted by Gasteiger charge is 2.30. The fourth-order valence-electron chi connectivity index (χ4n) is 2.83. The molecule has 0 spiro atoms. The summed E-state index contributed by atoms with van der Waals surface area (Å²) in [5, 5.41) is 0. The molecule has 0 saturated carbocycles. The molecule has 0 bridgehead atoms. The van der Waals surface area contributed by atoms with Gasteiger partial charge >= 0.3 is 0 Å². The Balaban J connectivity index is 2.58. The second-order valence-electron chi connectivity index (χ2n) is 4.91. The lowest BCUT2D eigenvalue weighted by atomic mass is 10.0. The molecule has 0 radical (unpaired) electrons. The van der Waals surface area contributed by atoms with E-state index in [1.807, 2.05) is 0 Å². The van der Waals surface area contributed by atoms with Crippen molar-refractivity contribution in [3.05, 3.63) is 0 Å². The quantitative estimate of drug-likeness (QED) is 0.696. The van der Waals surface area contributed by atoms with Gasteiger partial charge in [-0.15, -0.1) is 0 Å². The molecule has 0 aromatic carbocycles. The van der Waals surface area contributed by atoms with Crippen LogP contribution in [0.2, 0.25) is 0 Å². The van der Waals surface area contributed by atoms with Crippen molar-refractivity contribution in [3.63, 3.8) is 0 Å². The number of hydrogen-bond donors (Lipinski definition) is 0. The van der Waals surface area contributed by atoms with Crippen LogP contribution in [-0.4, -0.2) is 36.2 Å². The summed E-state index contributed by atoms with van der Waals surface area (Å²) >= 11 is 0. The first-order valence-electron chi connectivity index (χ1n) is 6.55. The maximum absolute atomic E-state index is 5.66. The average Bonchev–Trinajstić information content (AvgIpc) is 2.18. The van der Waals surface area contributed by atoms with E-state index in [0.717, 1.165) is 13.2 Å². The highest BCUT2D eigenvalue weighted by atomic mass is 16.5. The molecule has 1 aliphatic rings. The summed E-state index contributed by atoms with van der Waals surface area (Å²) < 4.78 is 5.66. The second-order valence-corrected chi connectivity index (χ2v) is 4.91. The lowest BCUT2D eigenvalue weighted by molar-refractivity contribution is -0.0651. The number of hydrogen-bond acceptors (Lipinski definition) is 2. The molecule has 2 heteroatoms. The summed E-state index contributed by atoms with van der Waals surface area (Å²) in [6, 6.07) is 1.96. The van der Waals surface area contributed by atoms with Gasteiger partial charge in [0.15, 0.2) is 0 Å². The van der Waals surface area contributed by atoms with E-state index >= 15 is 0 Å². The van der Waals surface area contributed by atoms with Gasteiger partial charge in [0, 0.05) is 18.1 Å². The second kappa shape index (κ2) is 6.49. The number of rotatable bonds is 5. The normalized spacial score (nSPS) is 30.4. The van der Waals surface area contributed by atoms with E-state index in [1.54, 1.807) is 0 Å². The Morgan fingerprint density at radius 2 is 2.00 bits per heavy atom. The van der Waals surface area contributed by atoms with Crippen molar-refractivity contribution in [2.24, 2.45) is 0 Å². The van der Waals surface area contributed by atoms with Gasteiger partial charge in [-0.2, -0.15) is 0 Å². The van der Waals surface area contributed by atoms with Crippen LogP contribution in [0.1, 0.15) is 53.4 Å². The molecule has 90 valence electrons. The van der Waals surface area contributed by atoms with E-state index in [9.17, 15) is 0 Å². The van der Waals surface area contributed by atoms with Gasteiger partial charge in [0.2, 0.25) is 0 Å². The van der Waals surface area contributed by atoms with Gasteiger partial charge < -0.3 is 4.74 Å². The summed E-state index contributed by atoms with van der Waals surface area (Å²) in [4.78, 5) is 2.69. The lowest BCUT2D eigenvalue weighted by Crippen LogP contribution is -2.54. The smallest absolute Gasteiger partial charge is 0.0622 e. The average molecular weight is 213 g/mol. The van der Waals surface area contributed by atoms with E-state index in [1.165, 1.54) is 25.7 Å². The summed E-state index contributed by atoms with van der Waals surface area (Å²) in [5.41, 5.74) is 0. The molecule has 0 N–H and O–H groups in total. The van der Waals surface area contributed by atoms with Gasteiger partial charge in [0.05, 0.1) is 13.2 Å². The van der Waals surface area contributed by atoms with Crippen molar-refractivity contribution in [1.82, 2.24) is 4.90 Å². The van der Waals surface area contributed by atoms with Gasteiger partial charge in [-0.25, -0.2) is 0 Å². The van der Waals surface area contributed by atoms with Crippen LogP contribution in [-0.2, 0) is 4.74 Å². The first-order chi connectivity index (χ1) is 7.20. The summed E-state index contributed by atoms with van der Waals surface area (Å²) in [5.74, 6) is 0. The Morgan fingerprint density at radius 3 is 2.60 bits per heavy atom. The van der Waals surface area contributed by atoms with Crippen LogP contribution >= 0.6 is 0 Å². The van der Waals surface area contributed by atoms with Crippen molar-refractivity contribution < 1.29 is 4.74 Å². The third-order valence-electron chi connectivity index (χ3n) is 3.44. The fourth-order valence-corrected chi connectivity index (χ4v) is 2.83. The molecular formula is C13H27NO. The maximum Gasteiger partial charge on any atom is 0.0622 e. The van der Waals surface area contributed by atoms with Crippen molar-refractivity contribution in [1.29, 1.82) is 0 Å². The minimum Gasteiger partial charge on any atom is -0.378 e. The molecule has 1 rings (SSSR count). The molecule has 0 aromatic rings. The molecule has 1 saturated heterocycles. The zero-order valence-corrected chi connectivity index (χ0v) is 10.8. The van der Waals surface area contributed by atoms with Gasteiger partial charge in [-0.1, -0.05) is 26.7 Å². The molecule has 2 nitrogen and oxygen atoms in total. The Morgan fingerprint density at radius 1 is 1.27 bits per heavy atom. The van der Waals surface area contributed by atoms with Crippen molar-refractivity contribution in [2.45, 2.75) is 71.5 Å². The number of nitrogens with zero attached hydrogens (tertiary/aromatic N) is 1. The molecule has 0 aromatic heterocycles. The van der Waals surface area contributed by atoms with Crippen molar-refractivity contribution in [2.75, 3.05) is 13.2 Å². The maximum atomic E-state index is 5.66. The standard InChI is InChI=1S/C13H27NO/c1-5-7-11(3)14-12(4)9-15-10-13(14)8-6-2/h11-13H,5-10H2,1-4H3. The van der Waals surface area contributed by atoms with Crippen molar-refractivity contribution >= 4 is 0 Å². The monoisotopic (exact) mass is 213 g/mol. The van der Waals surface area contributed by atoms with Crippen LogP contribution in [0.4, 0.5) is 0 Å². The van der Waals surface area contributed by atoms with E-state index < -0.39 is 0 Å². The van der Waals surface area contributed by atoms with E-state index in [2.05, 4.69) is 32.6 Å². The largest absolute Gasteiger partial charge is 0.378 e. The first-order valence-corrected chi connectivity index (χ1v) is 6.55. The van der Waals surface area contributed by atoms with Crippen LogP contribution in [0.5, 0.6) is 0 Å². The molecule has 0 aliphatic carbocycles. The molecule has 1 fully saturated rings. The molecule has 1 heterocycles. The van der Waals surface area contributed by atoms with Gasteiger partial charge in [-0.05, 0) is 26.7 Å². The van der Waals surface area contributed by atoms with Gasteiger partial charge in [-0.3, -0.25) is 4.90 Å². The molecule has 15 heavy (non-hydrogen) atoms. The Bertz CT molecular complexity index is 170. The van der Waals surface area contributed by atoms with Crippen LogP contribution in [0.3, 0.4) is 0 Å². The molecule has 3 atom stereocenters. The summed E-state index contributed by atoms with van der Waals surface area (Å²) in [6.45, 7) is 11.1. The fraction of sp³-hybridized carbons (Fsp3) is 1.00. The van der Waals surface area contributed by atoms with Crippen LogP contribution < -0.4 is 0 Å². The zero-order valence-electron chi connectivity index (χ0n) is 10.8. The third-order valence-corrected chi connectivity index (χ3v) is 3.44. The highest BCUT2D eigenvalue weighted by Crippen LogP contribution is 2.22. The van der Waals surface area contributed by atoms with Crippen LogP contribution in [0, 0.1) is 0 Å². The molecule has 3 unspecified atom stereocenters. The van der Waals surface area contributed by atoms with Crippen molar-refractivity contribution in [3.8, 4) is 0 Å². The topological polar surface area (TPSA) is 12.5 Å². The van der Waals surface area contributed by atoms with E-state index in [0.29, 0.717) is 18.1 Å². The van der Waals surface area contributed by atoms with Crippen LogP contribution in [0.25, 0.3) is 0 Å². The Labute approximate surface area is 95.0 Å². The number of morpholine rings is 1. The molecular weight excluding hydrogens is 186 g/mol. The highest BCUT2D eigenvalue weighted by molar-refractivity contribution is 4.84. The summed E-state index contributed by atoms with van der Waals surface area (Å²) in [7, 11) is 0. The molecule has 1 aliphatic heterocycles. The van der Waals surface area contributed by atoms with E-state index in [4.69, 9.17) is 4.74 Å². The first kappa shape index (κ1) is 13.0. The lowest BCUT2D eigenvalue weighted by Gasteiger charge is -2.44. The third kappa shape index (κ3) is 3.46. The minimum absolute atomic E-state index is 0.594.